The Kier molecular flexibility index (Phi) is 3.10. The van der Waals surface area contributed by atoms with Crippen LogP contribution in [0.25, 0.3) is 17.0 Å². The first-order valence-electron chi connectivity index (χ1n) is 5.30. The van der Waals surface area contributed by atoms with Crippen molar-refractivity contribution in [3.05, 3.63) is 53.8 Å². The molecule has 0 bridgehead atoms. The predicted octanol–water partition coefficient (Wildman–Crippen LogP) is 1.88. The number of nitrogens with one attached hydrogen (secondary N) is 1. The van der Waals surface area contributed by atoms with E-state index in [1.54, 1.807) is 13.0 Å². The van der Waals surface area contributed by atoms with Gasteiger partial charge < -0.3 is 14.9 Å². The van der Waals surface area contributed by atoms with Crippen LogP contribution in [0.5, 0.6) is 0 Å². The Hall–Kier alpha value is -2.29. The minimum atomic E-state index is -1.17. The van der Waals surface area contributed by atoms with Gasteiger partial charge in [-0.25, -0.2) is 0 Å². The summed E-state index contributed by atoms with van der Waals surface area (Å²) in [6, 6.07) is 7.95. The molecule has 0 amide bonds. The smallest absolute Gasteiger partial charge is 0.0645 e. The number of H-pyrrole nitrogens is 1. The Morgan fingerprint density at radius 2 is 2.12 bits per heavy atom. The molecule has 2 aromatic rings. The van der Waals surface area contributed by atoms with Crippen molar-refractivity contribution in [2.45, 2.75) is 6.92 Å². The van der Waals surface area contributed by atoms with Gasteiger partial charge in [-0.15, -0.1) is 0 Å². The van der Waals surface area contributed by atoms with Gasteiger partial charge in [0.05, 0.1) is 5.97 Å². The van der Waals surface area contributed by atoms with E-state index in [1.807, 2.05) is 36.5 Å². The Bertz CT molecular complexity index is 605. The van der Waals surface area contributed by atoms with E-state index in [9.17, 15) is 9.90 Å². The number of carboxylic acids is 1. The largest absolute Gasteiger partial charge is 0.545 e. The first-order chi connectivity index (χ1) is 8.16. The van der Waals surface area contributed by atoms with Gasteiger partial charge in [0.25, 0.3) is 0 Å². The van der Waals surface area contributed by atoms with Gasteiger partial charge in [0.15, 0.2) is 0 Å². The van der Waals surface area contributed by atoms with Gasteiger partial charge in [-0.3, -0.25) is 0 Å². The van der Waals surface area contributed by atoms with Crippen LogP contribution >= 0.6 is 0 Å². The molecule has 1 aromatic carbocycles. The minimum absolute atomic E-state index is 0.648. The van der Waals surface area contributed by atoms with Crippen LogP contribution in [-0.2, 0) is 4.79 Å². The maximum absolute atomic E-state index is 10.4. The first kappa shape index (κ1) is 11.2. The van der Waals surface area contributed by atoms with Crippen molar-refractivity contribution in [1.29, 1.82) is 0 Å². The molecule has 0 unspecified atom stereocenters. The molecule has 0 atom stereocenters. The summed E-state index contributed by atoms with van der Waals surface area (Å²) >= 11 is 0. The maximum Gasteiger partial charge on any atom is 0.0645 e. The second-order valence-corrected chi connectivity index (χ2v) is 3.83. The normalized spacial score (nSPS) is 12.4. The number of hydrogen-bond acceptors (Lipinski definition) is 2. The van der Waals surface area contributed by atoms with Crippen molar-refractivity contribution in [2.75, 3.05) is 0 Å². The standard InChI is InChI=1S/C14H13NO2/c1-10(8-14(16)17)6-7-11-9-15-13-5-3-2-4-12(11)13/h2-9,15H,1H3,(H,16,17)/p-1/b7-6+,10-8-. The van der Waals surface area contributed by atoms with E-state index in [-0.39, 0.29) is 0 Å². The molecule has 1 aromatic heterocycles. The number of benzene rings is 1. The van der Waals surface area contributed by atoms with E-state index in [2.05, 4.69) is 4.98 Å². The highest BCUT2D eigenvalue weighted by molar-refractivity contribution is 5.89. The van der Waals surface area contributed by atoms with E-state index in [0.717, 1.165) is 22.5 Å². The van der Waals surface area contributed by atoms with E-state index >= 15 is 0 Å². The lowest BCUT2D eigenvalue weighted by molar-refractivity contribution is -0.297. The fourth-order valence-electron chi connectivity index (χ4n) is 1.69. The van der Waals surface area contributed by atoms with E-state index in [4.69, 9.17) is 0 Å². The molecule has 0 spiro atoms. The SMILES string of the molecule is CC(=C/C(=O)[O-])/C=C/c1c[nH]c2ccccc12. The Labute approximate surface area is 99.1 Å². The molecule has 2 rings (SSSR count). The number of rotatable bonds is 3. The van der Waals surface area contributed by atoms with Crippen LogP contribution in [-0.4, -0.2) is 11.0 Å². The second kappa shape index (κ2) is 4.70. The van der Waals surface area contributed by atoms with E-state index in [0.29, 0.717) is 5.57 Å². The molecule has 3 nitrogen and oxygen atoms in total. The van der Waals surface area contributed by atoms with Crippen LogP contribution in [0, 0.1) is 0 Å². The molecule has 3 heteroatoms. The van der Waals surface area contributed by atoms with Crippen molar-refractivity contribution in [1.82, 2.24) is 4.98 Å². The summed E-state index contributed by atoms with van der Waals surface area (Å²) in [5.74, 6) is -1.17. The molecule has 86 valence electrons. The Morgan fingerprint density at radius 3 is 2.88 bits per heavy atom. The number of carbonyl (C=O) groups excluding carboxylic acids is 1. The van der Waals surface area contributed by atoms with Crippen LogP contribution in [0.3, 0.4) is 0 Å². The molecule has 0 aliphatic heterocycles. The summed E-state index contributed by atoms with van der Waals surface area (Å²) in [4.78, 5) is 13.5. The number of hydrogen-bond donors (Lipinski definition) is 1. The molecule has 17 heavy (non-hydrogen) atoms. The second-order valence-electron chi connectivity index (χ2n) is 3.83. The lowest BCUT2D eigenvalue weighted by atomic mass is 10.1. The fraction of sp³-hybridized carbons (Fsp3) is 0.0714. The van der Waals surface area contributed by atoms with Crippen molar-refractivity contribution in [2.24, 2.45) is 0 Å². The topological polar surface area (TPSA) is 55.9 Å². The zero-order valence-corrected chi connectivity index (χ0v) is 9.44. The molecule has 0 fully saturated rings. The summed E-state index contributed by atoms with van der Waals surface area (Å²) in [5, 5.41) is 11.5. The van der Waals surface area contributed by atoms with E-state index < -0.39 is 5.97 Å². The summed E-state index contributed by atoms with van der Waals surface area (Å²) < 4.78 is 0. The molecule has 0 saturated carbocycles. The quantitative estimate of drug-likeness (QED) is 0.641. The third-order valence-electron chi connectivity index (χ3n) is 2.49. The third kappa shape index (κ3) is 2.64. The minimum Gasteiger partial charge on any atom is -0.545 e. The summed E-state index contributed by atoms with van der Waals surface area (Å²) in [5.41, 5.74) is 2.75. The van der Waals surface area contributed by atoms with Crippen LogP contribution < -0.4 is 5.11 Å². The van der Waals surface area contributed by atoms with Gasteiger partial charge >= 0.3 is 0 Å². The average molecular weight is 226 g/mol. The maximum atomic E-state index is 10.4. The molecule has 0 saturated heterocycles. The molecule has 0 aliphatic rings. The van der Waals surface area contributed by atoms with Gasteiger partial charge in [0.2, 0.25) is 0 Å². The monoisotopic (exact) mass is 226 g/mol. The van der Waals surface area contributed by atoms with Crippen molar-refractivity contribution in [3.8, 4) is 0 Å². The lowest BCUT2D eigenvalue weighted by Gasteiger charge is -1.95. The number of carbonyl (C=O) groups is 1. The van der Waals surface area contributed by atoms with Crippen molar-refractivity contribution in [3.63, 3.8) is 0 Å². The number of aromatic amines is 1. The highest BCUT2D eigenvalue weighted by atomic mass is 16.4. The Balaban J connectivity index is 2.30. The van der Waals surface area contributed by atoms with Gasteiger partial charge in [-0.2, -0.15) is 0 Å². The Morgan fingerprint density at radius 1 is 1.35 bits per heavy atom. The summed E-state index contributed by atoms with van der Waals surface area (Å²) in [6.45, 7) is 1.72. The summed E-state index contributed by atoms with van der Waals surface area (Å²) in [7, 11) is 0. The van der Waals surface area contributed by atoms with Gasteiger partial charge in [-0.1, -0.05) is 30.4 Å². The van der Waals surface area contributed by atoms with Crippen LogP contribution in [0.1, 0.15) is 12.5 Å². The zero-order valence-electron chi connectivity index (χ0n) is 9.44. The number of carboxylic acid groups (broad SMARTS) is 1. The molecular formula is C14H12NO2-. The average Bonchev–Trinajstić information content (AvgIpc) is 2.69. The first-order valence-corrected chi connectivity index (χ1v) is 5.30. The van der Waals surface area contributed by atoms with Crippen LogP contribution in [0.15, 0.2) is 48.2 Å². The van der Waals surface area contributed by atoms with Gasteiger partial charge in [0.1, 0.15) is 0 Å². The lowest BCUT2D eigenvalue weighted by Crippen LogP contribution is -2.19. The van der Waals surface area contributed by atoms with Gasteiger partial charge in [-0.05, 0) is 30.2 Å². The van der Waals surface area contributed by atoms with Crippen molar-refractivity contribution < 1.29 is 9.90 Å². The number of allylic oxidation sites excluding steroid dienone is 2. The molecule has 1 N–H and O–H groups in total. The predicted molar refractivity (Wildman–Crippen MR) is 66.1 cm³/mol. The highest BCUT2D eigenvalue weighted by Gasteiger charge is 1.98. The number of aromatic nitrogens is 1. The molecule has 0 aliphatic carbocycles. The van der Waals surface area contributed by atoms with Crippen LogP contribution in [0.2, 0.25) is 0 Å². The summed E-state index contributed by atoms with van der Waals surface area (Å²) in [6.07, 6.45) is 6.61. The number of aliphatic carboxylic acids is 1. The highest BCUT2D eigenvalue weighted by Crippen LogP contribution is 2.19. The zero-order chi connectivity index (χ0) is 12.3. The van der Waals surface area contributed by atoms with E-state index in [1.165, 1.54) is 0 Å². The fourth-order valence-corrected chi connectivity index (χ4v) is 1.69. The molecule has 0 radical (unpaired) electrons. The number of fused-ring (bicyclic) bond motifs is 1. The van der Waals surface area contributed by atoms with Gasteiger partial charge in [0, 0.05) is 17.1 Å². The van der Waals surface area contributed by atoms with Crippen molar-refractivity contribution >= 4 is 22.9 Å². The molecule has 1 heterocycles. The number of para-hydroxylation sites is 1. The third-order valence-corrected chi connectivity index (χ3v) is 2.49. The molecular weight excluding hydrogens is 214 g/mol. The van der Waals surface area contributed by atoms with Crippen LogP contribution in [0.4, 0.5) is 0 Å².